The highest BCUT2D eigenvalue weighted by Gasteiger charge is 2.06. The molecule has 0 saturated heterocycles. The zero-order valence-corrected chi connectivity index (χ0v) is 10.1. The lowest BCUT2D eigenvalue weighted by Gasteiger charge is -2.01. The van der Waals surface area contributed by atoms with Crippen LogP contribution >= 0.6 is 11.3 Å². The third-order valence-electron chi connectivity index (χ3n) is 1.32. The van der Waals surface area contributed by atoms with Crippen molar-refractivity contribution < 1.29 is 0 Å². The molecule has 0 saturated carbocycles. The van der Waals surface area contributed by atoms with Crippen LogP contribution in [0.15, 0.2) is 23.6 Å². The molecule has 0 aliphatic heterocycles. The standard InChI is InChI=1S/C11H14SSi/c1-13(2,3)10-5-4-7-11-8-6-9-12-11/h4,6-9H,1-3H3/b7-4-. The SMILES string of the molecule is C[Si](C)(C)C#C/C=C\c1cccs1. The van der Waals surface area contributed by atoms with E-state index in [1.54, 1.807) is 11.3 Å². The van der Waals surface area contributed by atoms with Crippen molar-refractivity contribution in [3.8, 4) is 11.5 Å². The van der Waals surface area contributed by atoms with Gasteiger partial charge in [0.05, 0.1) is 0 Å². The van der Waals surface area contributed by atoms with Crippen LogP contribution in [0.2, 0.25) is 19.6 Å². The Bertz CT molecular complexity index is 330. The molecule has 68 valence electrons. The third kappa shape index (κ3) is 4.71. The van der Waals surface area contributed by atoms with Crippen LogP contribution in [0.1, 0.15) is 4.88 Å². The van der Waals surface area contributed by atoms with Crippen molar-refractivity contribution in [1.82, 2.24) is 0 Å². The number of rotatable bonds is 1. The fraction of sp³-hybridized carbons (Fsp3) is 0.273. The highest BCUT2D eigenvalue weighted by Crippen LogP contribution is 2.09. The quantitative estimate of drug-likeness (QED) is 0.486. The lowest BCUT2D eigenvalue weighted by Crippen LogP contribution is -2.16. The average molecular weight is 206 g/mol. The van der Waals surface area contributed by atoms with Gasteiger partial charge in [0.25, 0.3) is 0 Å². The van der Waals surface area contributed by atoms with Crippen LogP contribution in [-0.2, 0) is 0 Å². The Kier molecular flexibility index (Phi) is 3.53. The van der Waals surface area contributed by atoms with Gasteiger partial charge >= 0.3 is 0 Å². The molecule has 2 heteroatoms. The molecule has 13 heavy (non-hydrogen) atoms. The molecule has 0 unspecified atom stereocenters. The van der Waals surface area contributed by atoms with Crippen molar-refractivity contribution in [3.05, 3.63) is 28.5 Å². The van der Waals surface area contributed by atoms with Gasteiger partial charge in [-0.3, -0.25) is 0 Å². The van der Waals surface area contributed by atoms with Gasteiger partial charge in [0.1, 0.15) is 8.07 Å². The second-order valence-corrected chi connectivity index (χ2v) is 9.60. The molecule has 0 bridgehead atoms. The maximum atomic E-state index is 3.29. The molecule has 0 aliphatic rings. The van der Waals surface area contributed by atoms with Crippen molar-refractivity contribution in [1.29, 1.82) is 0 Å². The molecule has 1 heterocycles. The van der Waals surface area contributed by atoms with Gasteiger partial charge in [-0.05, 0) is 23.6 Å². The Morgan fingerprint density at radius 3 is 2.69 bits per heavy atom. The molecule has 1 rings (SSSR count). The van der Waals surface area contributed by atoms with Gasteiger partial charge in [-0.2, -0.15) is 0 Å². The molecule has 1 aromatic heterocycles. The minimum atomic E-state index is -1.19. The summed E-state index contributed by atoms with van der Waals surface area (Å²) in [5, 5.41) is 2.08. The van der Waals surface area contributed by atoms with Gasteiger partial charge in [0, 0.05) is 4.88 Å². The zero-order chi connectivity index (χ0) is 9.73. The normalized spacial score (nSPS) is 11.3. The lowest BCUT2D eigenvalue weighted by atomic mass is 10.4. The fourth-order valence-electron chi connectivity index (χ4n) is 0.768. The summed E-state index contributed by atoms with van der Waals surface area (Å²) >= 11 is 1.74. The second-order valence-electron chi connectivity index (χ2n) is 3.87. The van der Waals surface area contributed by atoms with E-state index in [2.05, 4.69) is 54.7 Å². The first-order valence-electron chi connectivity index (χ1n) is 4.31. The van der Waals surface area contributed by atoms with Crippen LogP contribution in [0.4, 0.5) is 0 Å². The summed E-state index contributed by atoms with van der Waals surface area (Å²) in [4.78, 5) is 1.27. The van der Waals surface area contributed by atoms with Crippen LogP contribution in [0, 0.1) is 11.5 Å². The highest BCUT2D eigenvalue weighted by atomic mass is 32.1. The van der Waals surface area contributed by atoms with E-state index in [9.17, 15) is 0 Å². The van der Waals surface area contributed by atoms with E-state index in [4.69, 9.17) is 0 Å². The average Bonchev–Trinajstić information content (AvgIpc) is 2.48. The van der Waals surface area contributed by atoms with Crippen LogP contribution in [0.3, 0.4) is 0 Å². The zero-order valence-electron chi connectivity index (χ0n) is 8.29. The summed E-state index contributed by atoms with van der Waals surface area (Å²) in [7, 11) is -1.19. The van der Waals surface area contributed by atoms with Crippen LogP contribution < -0.4 is 0 Å². The molecule has 1 aromatic rings. The Hall–Kier alpha value is -0.783. The van der Waals surface area contributed by atoms with Gasteiger partial charge in [0.15, 0.2) is 0 Å². The van der Waals surface area contributed by atoms with E-state index in [0.29, 0.717) is 0 Å². The van der Waals surface area contributed by atoms with E-state index in [1.165, 1.54) is 4.88 Å². The minimum absolute atomic E-state index is 1.19. The summed E-state index contributed by atoms with van der Waals surface area (Å²) in [5.41, 5.74) is 3.29. The summed E-state index contributed by atoms with van der Waals surface area (Å²) in [6.07, 6.45) is 4.02. The minimum Gasteiger partial charge on any atom is -0.144 e. The lowest BCUT2D eigenvalue weighted by molar-refractivity contribution is 1.81. The first-order valence-corrected chi connectivity index (χ1v) is 8.69. The van der Waals surface area contributed by atoms with Crippen LogP contribution in [0.25, 0.3) is 6.08 Å². The molecule has 0 N–H and O–H groups in total. The van der Waals surface area contributed by atoms with Crippen molar-refractivity contribution >= 4 is 25.5 Å². The Labute approximate surface area is 85.3 Å². The van der Waals surface area contributed by atoms with Gasteiger partial charge in [0.2, 0.25) is 0 Å². The first-order chi connectivity index (χ1) is 6.08. The monoisotopic (exact) mass is 206 g/mol. The smallest absolute Gasteiger partial charge is 0.129 e. The van der Waals surface area contributed by atoms with Crippen LogP contribution in [0.5, 0.6) is 0 Å². The third-order valence-corrected chi connectivity index (χ3v) is 3.05. The fourth-order valence-corrected chi connectivity index (χ4v) is 1.90. The summed E-state index contributed by atoms with van der Waals surface area (Å²) < 4.78 is 0. The van der Waals surface area contributed by atoms with E-state index in [0.717, 1.165) is 0 Å². The molecule has 0 spiro atoms. The molecule has 0 atom stereocenters. The molecule has 0 radical (unpaired) electrons. The number of allylic oxidation sites excluding steroid dienone is 1. The first kappa shape index (κ1) is 10.3. The summed E-state index contributed by atoms with van der Waals surface area (Å²) in [6, 6.07) is 4.15. The molecule has 0 amide bonds. The van der Waals surface area contributed by atoms with E-state index in [1.807, 2.05) is 6.08 Å². The van der Waals surface area contributed by atoms with Crippen LogP contribution in [-0.4, -0.2) is 8.07 Å². The predicted octanol–water partition coefficient (Wildman–Crippen LogP) is 3.64. The van der Waals surface area contributed by atoms with Gasteiger partial charge in [-0.25, -0.2) is 0 Å². The number of hydrogen-bond acceptors (Lipinski definition) is 1. The van der Waals surface area contributed by atoms with E-state index in [-0.39, 0.29) is 0 Å². The van der Waals surface area contributed by atoms with Crippen molar-refractivity contribution in [2.24, 2.45) is 0 Å². The molecule has 0 nitrogen and oxygen atoms in total. The Balaban J connectivity index is 2.55. The van der Waals surface area contributed by atoms with Crippen molar-refractivity contribution in [2.45, 2.75) is 19.6 Å². The largest absolute Gasteiger partial charge is 0.144 e. The molecule has 0 aliphatic carbocycles. The Morgan fingerprint density at radius 2 is 2.15 bits per heavy atom. The maximum absolute atomic E-state index is 3.29. The molecule has 0 aromatic carbocycles. The van der Waals surface area contributed by atoms with Crippen molar-refractivity contribution in [3.63, 3.8) is 0 Å². The Morgan fingerprint density at radius 1 is 1.38 bits per heavy atom. The number of hydrogen-bond donors (Lipinski definition) is 0. The summed E-state index contributed by atoms with van der Waals surface area (Å²) in [5.74, 6) is 3.10. The van der Waals surface area contributed by atoms with Gasteiger partial charge in [-0.1, -0.05) is 31.6 Å². The van der Waals surface area contributed by atoms with Gasteiger partial charge in [-0.15, -0.1) is 16.9 Å². The van der Waals surface area contributed by atoms with E-state index >= 15 is 0 Å². The molecular weight excluding hydrogens is 192 g/mol. The number of thiophene rings is 1. The summed E-state index contributed by atoms with van der Waals surface area (Å²) in [6.45, 7) is 6.75. The topological polar surface area (TPSA) is 0 Å². The second kappa shape index (κ2) is 4.45. The van der Waals surface area contributed by atoms with Gasteiger partial charge < -0.3 is 0 Å². The van der Waals surface area contributed by atoms with E-state index < -0.39 is 8.07 Å². The molecular formula is C11H14SSi. The highest BCUT2D eigenvalue weighted by molar-refractivity contribution is 7.10. The maximum Gasteiger partial charge on any atom is 0.129 e. The predicted molar refractivity (Wildman–Crippen MR) is 64.5 cm³/mol. The van der Waals surface area contributed by atoms with Crippen molar-refractivity contribution in [2.75, 3.05) is 0 Å². The molecule has 0 fully saturated rings.